The Balaban J connectivity index is 5.24. The van der Waals surface area contributed by atoms with Gasteiger partial charge in [0.25, 0.3) is 0 Å². The first-order valence-corrected chi connectivity index (χ1v) is 13.9. The van der Waals surface area contributed by atoms with Crippen LogP contribution < -0.4 is 0 Å². The minimum atomic E-state index is -4.53. The summed E-state index contributed by atoms with van der Waals surface area (Å²) in [5.41, 5.74) is -0.682. The fourth-order valence-electron chi connectivity index (χ4n) is 4.53. The summed E-state index contributed by atoms with van der Waals surface area (Å²) in [5.74, 6) is 1.63. The van der Waals surface area contributed by atoms with Crippen LogP contribution in [-0.4, -0.2) is 15.4 Å². The molecule has 0 aromatic rings. The molecule has 0 amide bonds. The highest BCUT2D eigenvalue weighted by Gasteiger charge is 2.42. The monoisotopic (exact) mass is 434 g/mol. The van der Waals surface area contributed by atoms with Gasteiger partial charge in [-0.15, -0.1) is 0 Å². The third-order valence-corrected chi connectivity index (χ3v) is 6.81. The number of hydrogen-bond donors (Lipinski definition) is 2. The van der Waals surface area contributed by atoms with E-state index in [9.17, 15) is 14.4 Å². The van der Waals surface area contributed by atoms with Crippen LogP contribution in [0.4, 0.5) is 0 Å². The first kappa shape index (κ1) is 29.1. The fourth-order valence-corrected chi connectivity index (χ4v) is 5.34. The van der Waals surface area contributed by atoms with Gasteiger partial charge >= 0.3 is 7.82 Å². The van der Waals surface area contributed by atoms with Crippen LogP contribution in [-0.2, 0) is 9.09 Å². The van der Waals surface area contributed by atoms with Crippen LogP contribution >= 0.6 is 7.82 Å². The molecule has 0 aliphatic carbocycles. The minimum absolute atomic E-state index is 0.213. The van der Waals surface area contributed by atoms with E-state index < -0.39 is 13.4 Å². The van der Waals surface area contributed by atoms with Gasteiger partial charge in [0.1, 0.15) is 0 Å². The van der Waals surface area contributed by atoms with Crippen molar-refractivity contribution in [3.63, 3.8) is 0 Å². The molecular formula is C24H51O4P. The lowest BCUT2D eigenvalue weighted by Crippen LogP contribution is -2.40. The van der Waals surface area contributed by atoms with Gasteiger partial charge < -0.3 is 9.79 Å². The average Bonchev–Trinajstić information content (AvgIpc) is 2.59. The number of unbranched alkanes of at least 4 members (excludes halogenated alkanes) is 5. The predicted molar refractivity (Wildman–Crippen MR) is 125 cm³/mol. The normalized spacial score (nSPS) is 14.1. The molecule has 0 radical (unpaired) electrons. The summed E-state index contributed by atoms with van der Waals surface area (Å²) in [5, 5.41) is 0. The van der Waals surface area contributed by atoms with E-state index in [1.54, 1.807) is 0 Å². The molecule has 1 unspecified atom stereocenters. The van der Waals surface area contributed by atoms with Gasteiger partial charge in [0.15, 0.2) is 0 Å². The van der Waals surface area contributed by atoms with Gasteiger partial charge in [-0.2, -0.15) is 0 Å². The number of rotatable bonds is 19. The molecule has 0 heterocycles. The number of phosphoric ester groups is 1. The molecule has 0 fully saturated rings. The first-order valence-electron chi connectivity index (χ1n) is 12.3. The van der Waals surface area contributed by atoms with E-state index in [1.165, 1.54) is 25.7 Å². The molecule has 0 aliphatic heterocycles. The van der Waals surface area contributed by atoms with Gasteiger partial charge in [0.05, 0.1) is 5.60 Å². The largest absolute Gasteiger partial charge is 0.470 e. The molecule has 0 saturated heterocycles. The summed E-state index contributed by atoms with van der Waals surface area (Å²) in [6.07, 6.45) is 14.6. The van der Waals surface area contributed by atoms with E-state index in [1.807, 2.05) is 0 Å². The molecule has 0 bridgehead atoms. The van der Waals surface area contributed by atoms with Crippen molar-refractivity contribution in [2.45, 2.75) is 137 Å². The Kier molecular flexibility index (Phi) is 15.9. The molecule has 0 saturated carbocycles. The maximum absolute atomic E-state index is 12.0. The van der Waals surface area contributed by atoms with E-state index in [2.05, 4.69) is 41.5 Å². The molecule has 0 rings (SSSR count). The topological polar surface area (TPSA) is 66.8 Å². The minimum Gasteiger partial charge on any atom is -0.303 e. The second kappa shape index (κ2) is 15.8. The molecule has 0 aromatic carbocycles. The Hall–Kier alpha value is 0.110. The third-order valence-electron chi connectivity index (χ3n) is 6.21. The lowest BCUT2D eigenvalue weighted by atomic mass is 9.75. The van der Waals surface area contributed by atoms with Crippen LogP contribution in [0.5, 0.6) is 0 Å². The highest BCUT2D eigenvalue weighted by atomic mass is 31.2. The zero-order chi connectivity index (χ0) is 22.3. The SMILES string of the molecule is CCCCC(CC)C(CCCCCC(C)C)(CCCCCC(C)C)OP(=O)(O)O. The molecule has 2 N–H and O–H groups in total. The molecule has 176 valence electrons. The van der Waals surface area contributed by atoms with Gasteiger partial charge in [-0.3, -0.25) is 4.52 Å². The van der Waals surface area contributed by atoms with Crippen molar-refractivity contribution in [2.24, 2.45) is 17.8 Å². The van der Waals surface area contributed by atoms with Gasteiger partial charge in [-0.25, -0.2) is 4.57 Å². The van der Waals surface area contributed by atoms with Crippen LogP contribution in [0.3, 0.4) is 0 Å². The van der Waals surface area contributed by atoms with Crippen molar-refractivity contribution in [2.75, 3.05) is 0 Å². The molecule has 0 spiro atoms. The lowest BCUT2D eigenvalue weighted by Gasteiger charge is -2.41. The van der Waals surface area contributed by atoms with E-state index in [0.29, 0.717) is 11.8 Å². The second-order valence-corrected chi connectivity index (χ2v) is 11.0. The highest BCUT2D eigenvalue weighted by molar-refractivity contribution is 7.46. The van der Waals surface area contributed by atoms with Gasteiger partial charge in [-0.05, 0) is 37.0 Å². The van der Waals surface area contributed by atoms with Gasteiger partial charge in [0.2, 0.25) is 0 Å². The molecule has 1 atom stereocenters. The van der Waals surface area contributed by atoms with E-state index >= 15 is 0 Å². The first-order chi connectivity index (χ1) is 13.6. The molecule has 5 heteroatoms. The Morgan fingerprint density at radius 2 is 1.24 bits per heavy atom. The Bertz CT molecular complexity index is 413. The van der Waals surface area contributed by atoms with E-state index in [4.69, 9.17) is 4.52 Å². The summed E-state index contributed by atoms with van der Waals surface area (Å²) >= 11 is 0. The molecule has 4 nitrogen and oxygen atoms in total. The van der Waals surface area contributed by atoms with Crippen LogP contribution in [0.1, 0.15) is 131 Å². The zero-order valence-corrected chi connectivity index (χ0v) is 21.2. The van der Waals surface area contributed by atoms with Crippen molar-refractivity contribution in [1.82, 2.24) is 0 Å². The van der Waals surface area contributed by atoms with Crippen LogP contribution in [0.15, 0.2) is 0 Å². The summed E-state index contributed by atoms with van der Waals surface area (Å²) in [7, 11) is -4.53. The Morgan fingerprint density at radius 3 is 1.59 bits per heavy atom. The van der Waals surface area contributed by atoms with E-state index in [0.717, 1.165) is 64.2 Å². The number of hydrogen-bond acceptors (Lipinski definition) is 2. The third kappa shape index (κ3) is 14.7. The van der Waals surface area contributed by atoms with Crippen molar-refractivity contribution in [3.8, 4) is 0 Å². The molecule has 0 aromatic heterocycles. The van der Waals surface area contributed by atoms with E-state index in [-0.39, 0.29) is 5.92 Å². The zero-order valence-electron chi connectivity index (χ0n) is 20.3. The molecule has 0 aliphatic rings. The quantitative estimate of drug-likeness (QED) is 0.159. The highest BCUT2D eigenvalue weighted by Crippen LogP contribution is 2.50. The van der Waals surface area contributed by atoms with Crippen molar-refractivity contribution >= 4 is 7.82 Å². The van der Waals surface area contributed by atoms with Crippen LogP contribution in [0.25, 0.3) is 0 Å². The predicted octanol–water partition coefficient (Wildman–Crippen LogP) is 8.26. The van der Waals surface area contributed by atoms with Crippen LogP contribution in [0, 0.1) is 17.8 Å². The summed E-state index contributed by atoms with van der Waals surface area (Å²) in [6.45, 7) is 13.3. The Morgan fingerprint density at radius 1 is 0.759 bits per heavy atom. The number of phosphoric acid groups is 1. The van der Waals surface area contributed by atoms with Gasteiger partial charge in [-0.1, -0.05) is 112 Å². The summed E-state index contributed by atoms with van der Waals surface area (Å²) in [4.78, 5) is 19.5. The fraction of sp³-hybridized carbons (Fsp3) is 1.00. The smallest absolute Gasteiger partial charge is 0.303 e. The standard InChI is InChI=1S/C24H51O4P/c1-7-9-18-23(8-2)24(28-29(25,26)27,19-14-10-12-16-21(3)4)20-15-11-13-17-22(5)6/h21-23H,7-20H2,1-6H3,(H2,25,26,27). The molecular weight excluding hydrogens is 383 g/mol. The van der Waals surface area contributed by atoms with Crippen molar-refractivity contribution in [3.05, 3.63) is 0 Å². The van der Waals surface area contributed by atoms with Gasteiger partial charge in [0, 0.05) is 0 Å². The summed E-state index contributed by atoms with van der Waals surface area (Å²) < 4.78 is 17.7. The van der Waals surface area contributed by atoms with Crippen LogP contribution in [0.2, 0.25) is 0 Å². The summed E-state index contributed by atoms with van der Waals surface area (Å²) in [6, 6.07) is 0. The van der Waals surface area contributed by atoms with Crippen molar-refractivity contribution < 1.29 is 18.9 Å². The van der Waals surface area contributed by atoms with Crippen molar-refractivity contribution in [1.29, 1.82) is 0 Å². The Labute approximate surface area is 181 Å². The second-order valence-electron chi connectivity index (χ2n) is 9.88. The average molecular weight is 435 g/mol. The maximum Gasteiger partial charge on any atom is 0.470 e. The molecule has 29 heavy (non-hydrogen) atoms. The maximum atomic E-state index is 12.0. The lowest BCUT2D eigenvalue weighted by molar-refractivity contribution is -0.0393.